The maximum Gasteiger partial charge on any atom is 0.111 e. The van der Waals surface area contributed by atoms with Crippen LogP contribution in [0.5, 0.6) is 0 Å². The minimum absolute atomic E-state index is 0.0202. The van der Waals surface area contributed by atoms with Crippen molar-refractivity contribution in [2.24, 2.45) is 0 Å². The van der Waals surface area contributed by atoms with E-state index in [0.717, 1.165) is 0 Å². The van der Waals surface area contributed by atoms with Crippen molar-refractivity contribution in [3.8, 4) is 0 Å². The lowest BCUT2D eigenvalue weighted by Crippen LogP contribution is -2.64. The predicted octanol–water partition coefficient (Wildman–Crippen LogP) is -4.56. The third kappa shape index (κ3) is 3.32. The number of rotatable bonds is 4. The molecule has 2 rings (SSSR count). The molecule has 1 fully saturated rings. The fourth-order valence-electron chi connectivity index (χ4n) is 2.78. The maximum atomic E-state index is 10.0. The van der Waals surface area contributed by atoms with Crippen LogP contribution in [0, 0.1) is 0 Å². The van der Waals surface area contributed by atoms with Crippen molar-refractivity contribution in [2.45, 2.75) is 48.7 Å². The molecule has 8 N–H and O–H groups in total. The smallest absolute Gasteiger partial charge is 0.111 e. The van der Waals surface area contributed by atoms with Crippen LogP contribution >= 0.6 is 0 Å². The quantitative estimate of drug-likeness (QED) is 0.238. The fourth-order valence-corrected chi connectivity index (χ4v) is 2.78. The second-order valence-corrected chi connectivity index (χ2v) is 5.66. The molecule has 8 atom stereocenters. The van der Waals surface area contributed by atoms with E-state index in [0.29, 0.717) is 0 Å². The van der Waals surface area contributed by atoms with E-state index >= 15 is 0 Å². The number of aliphatic hydroxyl groups excluding tert-OH is 7. The van der Waals surface area contributed by atoms with Crippen molar-refractivity contribution in [1.82, 2.24) is 5.32 Å². The highest BCUT2D eigenvalue weighted by Gasteiger charge is 2.42. The first-order valence-electron chi connectivity index (χ1n) is 7.11. The van der Waals surface area contributed by atoms with Crippen LogP contribution in [0.2, 0.25) is 0 Å². The molecule has 0 bridgehead atoms. The third-order valence-corrected chi connectivity index (χ3v) is 4.22. The molecule has 1 saturated heterocycles. The normalized spacial score (nSPS) is 46.4. The van der Waals surface area contributed by atoms with Crippen molar-refractivity contribution < 1.29 is 40.5 Å². The van der Waals surface area contributed by atoms with Gasteiger partial charge in [0, 0.05) is 0 Å². The van der Waals surface area contributed by atoms with Crippen LogP contribution in [-0.2, 0) is 4.74 Å². The average molecular weight is 321 g/mol. The number of nitrogens with one attached hydrogen (secondary N) is 1. The zero-order valence-electron chi connectivity index (χ0n) is 11.9. The van der Waals surface area contributed by atoms with Crippen LogP contribution in [0.1, 0.15) is 0 Å². The number of aliphatic hydroxyl groups is 7. The molecule has 9 nitrogen and oxygen atoms in total. The molecule has 0 aromatic heterocycles. The van der Waals surface area contributed by atoms with Crippen LogP contribution in [0.4, 0.5) is 0 Å². The van der Waals surface area contributed by atoms with Crippen LogP contribution < -0.4 is 5.32 Å². The Kier molecular flexibility index (Phi) is 5.88. The first kappa shape index (κ1) is 17.7. The molecule has 0 aromatic rings. The van der Waals surface area contributed by atoms with Gasteiger partial charge in [0.25, 0.3) is 0 Å². The van der Waals surface area contributed by atoms with E-state index < -0.39 is 61.9 Å². The van der Waals surface area contributed by atoms with Crippen molar-refractivity contribution in [2.75, 3.05) is 19.8 Å². The van der Waals surface area contributed by atoms with Crippen molar-refractivity contribution in [3.63, 3.8) is 0 Å². The van der Waals surface area contributed by atoms with Gasteiger partial charge in [-0.05, 0) is 5.57 Å². The summed E-state index contributed by atoms with van der Waals surface area (Å²) in [6.07, 6.45) is -6.26. The highest BCUT2D eigenvalue weighted by molar-refractivity contribution is 5.22. The summed E-state index contributed by atoms with van der Waals surface area (Å²) in [6.45, 7) is -0.938. The summed E-state index contributed by atoms with van der Waals surface area (Å²) in [7, 11) is 0. The molecule has 128 valence electrons. The standard InChI is InChI=1S/C13H23NO8/c15-2-5-1-6(10(18)13(21)9(5)17)14-7-4-22-8(3-16)12(20)11(7)19/h1,6-21H,2-4H2/t6-,7-,8+,9+,10-,11+,12+,13-/m0/s1. The highest BCUT2D eigenvalue weighted by atomic mass is 16.5. The summed E-state index contributed by atoms with van der Waals surface area (Å²) in [5.74, 6) is 0. The minimum atomic E-state index is -1.48. The molecule has 1 heterocycles. The molecule has 22 heavy (non-hydrogen) atoms. The van der Waals surface area contributed by atoms with Crippen molar-refractivity contribution in [1.29, 1.82) is 0 Å². The first-order chi connectivity index (χ1) is 10.4. The second kappa shape index (κ2) is 7.30. The van der Waals surface area contributed by atoms with E-state index in [1.807, 2.05) is 0 Å². The summed E-state index contributed by atoms with van der Waals surface area (Å²) in [5, 5.41) is 70.3. The van der Waals surface area contributed by atoms with Gasteiger partial charge >= 0.3 is 0 Å². The summed E-state index contributed by atoms with van der Waals surface area (Å²) >= 11 is 0. The molecule has 9 heteroatoms. The van der Waals surface area contributed by atoms with Gasteiger partial charge in [0.05, 0.1) is 31.9 Å². The Morgan fingerprint density at radius 3 is 2.27 bits per heavy atom. The lowest BCUT2D eigenvalue weighted by atomic mass is 9.87. The summed E-state index contributed by atoms with van der Waals surface area (Å²) in [4.78, 5) is 0. The summed E-state index contributed by atoms with van der Waals surface area (Å²) < 4.78 is 5.21. The number of ether oxygens (including phenoxy) is 1. The molecule has 1 aliphatic carbocycles. The van der Waals surface area contributed by atoms with Crippen molar-refractivity contribution >= 4 is 0 Å². The Labute approximate surface area is 127 Å². The van der Waals surface area contributed by atoms with Crippen LogP contribution in [0.3, 0.4) is 0 Å². The zero-order valence-corrected chi connectivity index (χ0v) is 11.9. The Balaban J connectivity index is 2.08. The van der Waals surface area contributed by atoms with Gasteiger partial charge in [0.1, 0.15) is 36.6 Å². The van der Waals surface area contributed by atoms with E-state index in [1.54, 1.807) is 0 Å². The van der Waals surface area contributed by atoms with Gasteiger partial charge in [-0.15, -0.1) is 0 Å². The van der Waals surface area contributed by atoms with Crippen LogP contribution in [0.15, 0.2) is 11.6 Å². The summed E-state index contributed by atoms with van der Waals surface area (Å²) in [6, 6.07) is -1.60. The van der Waals surface area contributed by atoms with Gasteiger partial charge in [0.15, 0.2) is 0 Å². The second-order valence-electron chi connectivity index (χ2n) is 5.66. The van der Waals surface area contributed by atoms with Gasteiger partial charge in [0.2, 0.25) is 0 Å². The Morgan fingerprint density at radius 2 is 1.68 bits per heavy atom. The Bertz CT molecular complexity index is 406. The van der Waals surface area contributed by atoms with E-state index in [2.05, 4.69) is 5.32 Å². The molecular weight excluding hydrogens is 298 g/mol. The Morgan fingerprint density at radius 1 is 1.00 bits per heavy atom. The van der Waals surface area contributed by atoms with Gasteiger partial charge in [-0.25, -0.2) is 0 Å². The van der Waals surface area contributed by atoms with Crippen molar-refractivity contribution in [3.05, 3.63) is 11.6 Å². The monoisotopic (exact) mass is 321 g/mol. The molecule has 0 amide bonds. The summed E-state index contributed by atoms with van der Waals surface area (Å²) in [5.41, 5.74) is 0.148. The van der Waals surface area contributed by atoms with E-state index in [4.69, 9.17) is 14.9 Å². The van der Waals surface area contributed by atoms with E-state index in [9.17, 15) is 25.5 Å². The van der Waals surface area contributed by atoms with Crippen LogP contribution in [-0.4, -0.2) is 104 Å². The van der Waals surface area contributed by atoms with E-state index in [1.165, 1.54) is 6.08 Å². The van der Waals surface area contributed by atoms with Crippen LogP contribution in [0.25, 0.3) is 0 Å². The SMILES string of the molecule is OCC1=C[C@H](N[C@H]2CO[C@H](CO)[C@@H](O)[C@@H]2O)[C@H](O)[C@@H](O)[C@@H]1O. The van der Waals surface area contributed by atoms with E-state index in [-0.39, 0.29) is 12.2 Å². The average Bonchev–Trinajstić information content (AvgIpc) is 2.52. The minimum Gasteiger partial charge on any atom is -0.394 e. The van der Waals surface area contributed by atoms with Gasteiger partial charge in [-0.3, -0.25) is 0 Å². The zero-order chi connectivity index (χ0) is 16.4. The number of hydrogen-bond donors (Lipinski definition) is 8. The maximum absolute atomic E-state index is 10.0. The molecular formula is C13H23NO8. The van der Waals surface area contributed by atoms with Gasteiger partial charge < -0.3 is 45.8 Å². The molecule has 0 radical (unpaired) electrons. The largest absolute Gasteiger partial charge is 0.394 e. The first-order valence-corrected chi connectivity index (χ1v) is 7.11. The molecule has 0 saturated carbocycles. The lowest BCUT2D eigenvalue weighted by Gasteiger charge is -2.41. The van der Waals surface area contributed by atoms with Gasteiger partial charge in [-0.1, -0.05) is 6.08 Å². The highest BCUT2D eigenvalue weighted by Crippen LogP contribution is 2.22. The topological polar surface area (TPSA) is 163 Å². The Hall–Kier alpha value is -0.620. The molecule has 0 unspecified atom stereocenters. The fraction of sp³-hybridized carbons (Fsp3) is 0.846. The molecule has 1 aliphatic heterocycles. The molecule has 0 aromatic carbocycles. The lowest BCUT2D eigenvalue weighted by molar-refractivity contribution is -0.165. The van der Waals surface area contributed by atoms with Gasteiger partial charge in [-0.2, -0.15) is 0 Å². The predicted molar refractivity (Wildman–Crippen MR) is 72.7 cm³/mol. The molecule has 2 aliphatic rings. The number of hydrogen-bond acceptors (Lipinski definition) is 9. The third-order valence-electron chi connectivity index (χ3n) is 4.22. The molecule has 0 spiro atoms.